The van der Waals surface area contributed by atoms with Gasteiger partial charge in [0, 0.05) is 11.1 Å². The van der Waals surface area contributed by atoms with Crippen molar-refractivity contribution in [2.75, 3.05) is 26.4 Å². The number of hydrogen-bond donors (Lipinski definition) is 0. The Morgan fingerprint density at radius 3 is 1.29 bits per heavy atom. The third-order valence-corrected chi connectivity index (χ3v) is 6.03. The van der Waals surface area contributed by atoms with Crippen molar-refractivity contribution in [1.82, 2.24) is 0 Å². The van der Waals surface area contributed by atoms with E-state index >= 15 is 0 Å². The van der Waals surface area contributed by atoms with E-state index in [-0.39, 0.29) is 0 Å². The lowest BCUT2D eigenvalue weighted by Crippen LogP contribution is -2.08. The highest BCUT2D eigenvalue weighted by Crippen LogP contribution is 2.52. The molecule has 0 radical (unpaired) electrons. The Hall–Kier alpha value is -4.18. The maximum absolute atomic E-state index is 6.37. The average Bonchev–Trinajstić information content (AvgIpc) is 2.96. The van der Waals surface area contributed by atoms with Gasteiger partial charge >= 0.3 is 0 Å². The van der Waals surface area contributed by atoms with Crippen LogP contribution in [-0.4, -0.2) is 26.4 Å². The lowest BCUT2D eigenvalue weighted by atomic mass is 9.85. The van der Waals surface area contributed by atoms with E-state index in [9.17, 15) is 0 Å². The van der Waals surface area contributed by atoms with Crippen LogP contribution in [0.15, 0.2) is 97.1 Å². The van der Waals surface area contributed by atoms with E-state index in [1.807, 2.05) is 52.0 Å². The largest absolute Gasteiger partial charge is 0.490 e. The molecule has 0 spiro atoms. The van der Waals surface area contributed by atoms with Crippen LogP contribution in [-0.2, 0) is 0 Å². The first kappa shape index (κ1) is 26.9. The van der Waals surface area contributed by atoms with E-state index in [0.29, 0.717) is 49.4 Å². The van der Waals surface area contributed by atoms with Crippen molar-refractivity contribution in [2.45, 2.75) is 27.7 Å². The van der Waals surface area contributed by atoms with Gasteiger partial charge in [-0.3, -0.25) is 0 Å². The monoisotopic (exact) mass is 508 g/mol. The van der Waals surface area contributed by atoms with Crippen molar-refractivity contribution >= 4 is 11.1 Å². The Morgan fingerprint density at radius 2 is 0.842 bits per heavy atom. The molecule has 0 saturated heterocycles. The number of rotatable bonds is 12. The van der Waals surface area contributed by atoms with Gasteiger partial charge in [0.2, 0.25) is 11.5 Å². The molecule has 0 saturated carbocycles. The molecule has 0 aromatic heterocycles. The van der Waals surface area contributed by atoms with Crippen LogP contribution >= 0.6 is 0 Å². The van der Waals surface area contributed by atoms with Crippen LogP contribution < -0.4 is 18.9 Å². The first-order chi connectivity index (χ1) is 18.7. The van der Waals surface area contributed by atoms with Gasteiger partial charge in [-0.2, -0.15) is 0 Å². The lowest BCUT2D eigenvalue weighted by molar-refractivity contribution is 0.244. The smallest absolute Gasteiger partial charge is 0.208 e. The molecule has 4 heteroatoms. The van der Waals surface area contributed by atoms with Gasteiger partial charge in [0.25, 0.3) is 0 Å². The van der Waals surface area contributed by atoms with Crippen molar-refractivity contribution in [2.24, 2.45) is 0 Å². The molecule has 0 N–H and O–H groups in total. The Kier molecular flexibility index (Phi) is 9.47. The molecule has 4 aromatic carbocycles. The Morgan fingerprint density at radius 1 is 0.447 bits per heavy atom. The predicted molar refractivity (Wildman–Crippen MR) is 155 cm³/mol. The zero-order valence-electron chi connectivity index (χ0n) is 22.7. The molecular formula is C34H36O4. The molecule has 4 aromatic rings. The summed E-state index contributed by atoms with van der Waals surface area (Å²) in [4.78, 5) is 0. The zero-order chi connectivity index (χ0) is 26.7. The zero-order valence-corrected chi connectivity index (χ0v) is 22.7. The first-order valence-corrected chi connectivity index (χ1v) is 13.4. The topological polar surface area (TPSA) is 36.9 Å². The summed E-state index contributed by atoms with van der Waals surface area (Å²) in [6.07, 6.45) is 0. The Balaban J connectivity index is 2.20. The van der Waals surface area contributed by atoms with Gasteiger partial charge in [-0.25, -0.2) is 0 Å². The SMILES string of the molecule is CCOc1cc(C(=C(c2ccccc2)c2ccccc2)c2ccccc2)c(OCC)c(OCC)c1OCC. The fourth-order valence-corrected chi connectivity index (χ4v) is 4.60. The summed E-state index contributed by atoms with van der Waals surface area (Å²) >= 11 is 0. The number of benzene rings is 4. The molecule has 0 bridgehead atoms. The van der Waals surface area contributed by atoms with Gasteiger partial charge in [0.1, 0.15) is 0 Å². The second kappa shape index (κ2) is 13.4. The highest BCUT2D eigenvalue weighted by atomic mass is 16.6. The van der Waals surface area contributed by atoms with Crippen molar-refractivity contribution in [3.8, 4) is 23.0 Å². The quantitative estimate of drug-likeness (QED) is 0.180. The van der Waals surface area contributed by atoms with Crippen LogP contribution in [0.3, 0.4) is 0 Å². The van der Waals surface area contributed by atoms with Gasteiger partial charge in [-0.05, 0) is 56.0 Å². The van der Waals surface area contributed by atoms with Crippen LogP contribution in [0.2, 0.25) is 0 Å². The molecule has 0 aliphatic rings. The standard InChI is InChI=1S/C34H36O4/c1-5-35-29-24-28(32(36-6-2)34(38-8-4)33(29)37-7-3)31(27-22-16-11-17-23-27)30(25-18-12-9-13-19-25)26-20-14-10-15-21-26/h9-24H,5-8H2,1-4H3. The van der Waals surface area contributed by atoms with Crippen LogP contribution in [0.5, 0.6) is 23.0 Å². The van der Waals surface area contributed by atoms with Crippen LogP contribution in [0.4, 0.5) is 0 Å². The molecule has 0 aliphatic carbocycles. The first-order valence-electron chi connectivity index (χ1n) is 13.4. The summed E-state index contributed by atoms with van der Waals surface area (Å²) in [6, 6.07) is 33.4. The van der Waals surface area contributed by atoms with Crippen LogP contribution in [0.25, 0.3) is 11.1 Å². The Bertz CT molecular complexity index is 1290. The minimum atomic E-state index is 0.462. The number of hydrogen-bond acceptors (Lipinski definition) is 4. The molecule has 4 nitrogen and oxygen atoms in total. The van der Waals surface area contributed by atoms with Crippen molar-refractivity contribution in [1.29, 1.82) is 0 Å². The molecule has 196 valence electrons. The summed E-state index contributed by atoms with van der Waals surface area (Å²) in [6.45, 7) is 9.78. The molecule has 38 heavy (non-hydrogen) atoms. The van der Waals surface area contributed by atoms with Crippen molar-refractivity contribution < 1.29 is 18.9 Å². The minimum Gasteiger partial charge on any atom is -0.490 e. The van der Waals surface area contributed by atoms with Gasteiger partial charge in [0.15, 0.2) is 11.5 Å². The maximum Gasteiger partial charge on any atom is 0.208 e. The molecular weight excluding hydrogens is 472 g/mol. The van der Waals surface area contributed by atoms with Crippen molar-refractivity contribution in [3.63, 3.8) is 0 Å². The van der Waals surface area contributed by atoms with Crippen LogP contribution in [0, 0.1) is 0 Å². The van der Waals surface area contributed by atoms with E-state index in [0.717, 1.165) is 33.4 Å². The molecule has 0 atom stereocenters. The molecule has 0 aliphatic heterocycles. The van der Waals surface area contributed by atoms with Crippen molar-refractivity contribution in [3.05, 3.63) is 119 Å². The molecule has 0 amide bonds. The van der Waals surface area contributed by atoms with E-state index < -0.39 is 0 Å². The third-order valence-electron chi connectivity index (χ3n) is 6.03. The Labute approximate surface area is 226 Å². The van der Waals surface area contributed by atoms with Gasteiger partial charge in [-0.1, -0.05) is 91.0 Å². The average molecular weight is 509 g/mol. The molecule has 0 heterocycles. The molecule has 4 rings (SSSR count). The molecule has 0 fully saturated rings. The van der Waals surface area contributed by atoms with E-state index in [4.69, 9.17) is 18.9 Å². The van der Waals surface area contributed by atoms with Gasteiger partial charge in [-0.15, -0.1) is 0 Å². The highest BCUT2D eigenvalue weighted by Gasteiger charge is 2.28. The second-order valence-electron chi connectivity index (χ2n) is 8.49. The fourth-order valence-electron chi connectivity index (χ4n) is 4.60. The second-order valence-corrected chi connectivity index (χ2v) is 8.49. The van der Waals surface area contributed by atoms with Crippen LogP contribution in [0.1, 0.15) is 49.9 Å². The minimum absolute atomic E-state index is 0.462. The number of ether oxygens (including phenoxy) is 4. The lowest BCUT2D eigenvalue weighted by Gasteiger charge is -2.25. The summed E-state index contributed by atoms with van der Waals surface area (Å²) in [5.41, 5.74) is 6.26. The summed E-state index contributed by atoms with van der Waals surface area (Å²) < 4.78 is 24.8. The normalized spacial score (nSPS) is 10.5. The van der Waals surface area contributed by atoms with Gasteiger partial charge in [0.05, 0.1) is 26.4 Å². The fraction of sp³-hybridized carbons (Fsp3) is 0.235. The summed E-state index contributed by atoms with van der Waals surface area (Å²) in [7, 11) is 0. The van der Waals surface area contributed by atoms with Gasteiger partial charge < -0.3 is 18.9 Å². The van der Waals surface area contributed by atoms with E-state index in [1.165, 1.54) is 0 Å². The summed E-state index contributed by atoms with van der Waals surface area (Å²) in [5.74, 6) is 2.40. The predicted octanol–water partition coefficient (Wildman–Crippen LogP) is 8.29. The third kappa shape index (κ3) is 5.86. The highest BCUT2D eigenvalue weighted by molar-refractivity contribution is 6.06. The van der Waals surface area contributed by atoms with E-state index in [2.05, 4.69) is 72.8 Å². The maximum atomic E-state index is 6.37. The van der Waals surface area contributed by atoms with E-state index in [1.54, 1.807) is 0 Å². The summed E-state index contributed by atoms with van der Waals surface area (Å²) in [5, 5.41) is 0. The molecule has 0 unspecified atom stereocenters.